The molecule has 0 bridgehead atoms. The van der Waals surface area contributed by atoms with Crippen LogP contribution in [-0.4, -0.2) is 10.2 Å². The average Bonchev–Trinajstić information content (AvgIpc) is 2.16. The van der Waals surface area contributed by atoms with Gasteiger partial charge < -0.3 is 10.2 Å². The van der Waals surface area contributed by atoms with E-state index in [9.17, 15) is 10.2 Å². The van der Waals surface area contributed by atoms with Gasteiger partial charge in [0.2, 0.25) is 0 Å². The molecule has 0 saturated carbocycles. The molecule has 14 heavy (non-hydrogen) atoms. The zero-order chi connectivity index (χ0) is 10.3. The van der Waals surface area contributed by atoms with Crippen LogP contribution >= 0.6 is 25.3 Å². The smallest absolute Gasteiger partial charge is 0.124 e. The maximum Gasteiger partial charge on any atom is 0.124 e. The number of thiol groups is 2. The molecule has 0 aliphatic rings. The molecule has 2 N–H and O–H groups in total. The van der Waals surface area contributed by atoms with Gasteiger partial charge in [0.1, 0.15) is 11.5 Å². The van der Waals surface area contributed by atoms with Gasteiger partial charge in [-0.25, -0.2) is 0 Å². The maximum absolute atomic E-state index is 9.61. The van der Waals surface area contributed by atoms with Crippen molar-refractivity contribution in [3.63, 3.8) is 0 Å². The summed E-state index contributed by atoms with van der Waals surface area (Å²) in [5, 5.41) is 20.3. The minimum absolute atomic E-state index is 0.0960. The van der Waals surface area contributed by atoms with Gasteiger partial charge in [-0.1, -0.05) is 0 Å². The fourth-order valence-electron chi connectivity index (χ4n) is 1.42. The van der Waals surface area contributed by atoms with Crippen LogP contribution in [0.1, 0.15) is 0 Å². The molecule has 0 aliphatic carbocycles. The van der Waals surface area contributed by atoms with Gasteiger partial charge in [0.25, 0.3) is 0 Å². The van der Waals surface area contributed by atoms with Gasteiger partial charge in [-0.15, -0.1) is 25.3 Å². The molecule has 2 aromatic carbocycles. The molecule has 0 fully saturated rings. The van der Waals surface area contributed by atoms with Crippen LogP contribution in [0.25, 0.3) is 10.8 Å². The van der Waals surface area contributed by atoms with Crippen molar-refractivity contribution in [2.45, 2.75) is 9.79 Å². The molecule has 2 nitrogen and oxygen atoms in total. The molecule has 0 heterocycles. The number of fused-ring (bicyclic) bond motifs is 1. The van der Waals surface area contributed by atoms with Gasteiger partial charge >= 0.3 is 0 Å². The third kappa shape index (κ3) is 1.31. The second-order valence-corrected chi connectivity index (χ2v) is 3.92. The van der Waals surface area contributed by atoms with Crippen molar-refractivity contribution < 1.29 is 10.2 Å². The quantitative estimate of drug-likeness (QED) is 0.520. The Morgan fingerprint density at radius 3 is 1.43 bits per heavy atom. The maximum atomic E-state index is 9.61. The standard InChI is InChI=1S/C10H8O2S2/c11-5-1-3-7(13)10-6(12)2-4-8(14)9(5)10/h1-4,11-14H. The van der Waals surface area contributed by atoms with Crippen molar-refractivity contribution in [1.82, 2.24) is 0 Å². The summed E-state index contributed by atoms with van der Waals surface area (Å²) in [7, 11) is 0. The minimum Gasteiger partial charge on any atom is -0.507 e. The first-order valence-corrected chi connectivity index (χ1v) is 4.86. The third-order valence-electron chi connectivity index (χ3n) is 2.07. The predicted octanol–water partition coefficient (Wildman–Crippen LogP) is 2.83. The normalized spacial score (nSPS) is 10.7. The Hall–Kier alpha value is -1.00. The fraction of sp³-hybridized carbons (Fsp3) is 0. The van der Waals surface area contributed by atoms with Crippen LogP contribution in [0, 0.1) is 0 Å². The zero-order valence-corrected chi connectivity index (χ0v) is 8.89. The molecular formula is C10H8O2S2. The number of aromatic hydroxyl groups is 2. The van der Waals surface area contributed by atoms with Gasteiger partial charge in [0, 0.05) is 20.6 Å². The largest absolute Gasteiger partial charge is 0.507 e. The Bertz CT molecular complexity index is 420. The third-order valence-corrected chi connectivity index (χ3v) is 2.82. The molecule has 2 aromatic rings. The first-order chi connectivity index (χ1) is 6.61. The van der Waals surface area contributed by atoms with E-state index in [2.05, 4.69) is 25.3 Å². The van der Waals surface area contributed by atoms with E-state index in [1.165, 1.54) is 12.1 Å². The summed E-state index contributed by atoms with van der Waals surface area (Å²) < 4.78 is 0. The molecule has 4 heteroatoms. The molecule has 72 valence electrons. The van der Waals surface area contributed by atoms with Crippen LogP contribution in [0.3, 0.4) is 0 Å². The Labute approximate surface area is 92.0 Å². The van der Waals surface area contributed by atoms with E-state index in [1.54, 1.807) is 12.1 Å². The highest BCUT2D eigenvalue weighted by Gasteiger charge is 2.09. The predicted molar refractivity (Wildman–Crippen MR) is 61.8 cm³/mol. The molecule has 0 unspecified atom stereocenters. The van der Waals surface area contributed by atoms with E-state index in [0.29, 0.717) is 20.6 Å². The van der Waals surface area contributed by atoms with E-state index in [-0.39, 0.29) is 11.5 Å². The summed E-state index contributed by atoms with van der Waals surface area (Å²) in [6.07, 6.45) is 0. The van der Waals surface area contributed by atoms with E-state index in [1.807, 2.05) is 0 Å². The molecule has 0 saturated heterocycles. The second-order valence-electron chi connectivity index (χ2n) is 2.96. The van der Waals surface area contributed by atoms with Crippen LogP contribution in [0.2, 0.25) is 0 Å². The van der Waals surface area contributed by atoms with Crippen molar-refractivity contribution in [3.8, 4) is 11.5 Å². The number of hydrogen-bond donors (Lipinski definition) is 4. The van der Waals surface area contributed by atoms with E-state index >= 15 is 0 Å². The van der Waals surface area contributed by atoms with Crippen molar-refractivity contribution in [3.05, 3.63) is 24.3 Å². The molecule has 0 atom stereocenters. The van der Waals surface area contributed by atoms with Crippen LogP contribution in [0.4, 0.5) is 0 Å². The molecule has 0 radical (unpaired) electrons. The second kappa shape index (κ2) is 3.29. The van der Waals surface area contributed by atoms with Crippen LogP contribution in [-0.2, 0) is 0 Å². The van der Waals surface area contributed by atoms with Crippen molar-refractivity contribution >= 4 is 36.0 Å². The summed E-state index contributed by atoms with van der Waals surface area (Å²) in [4.78, 5) is 1.23. The highest BCUT2D eigenvalue weighted by molar-refractivity contribution is 7.81. The molecule has 0 spiro atoms. The Morgan fingerprint density at radius 2 is 1.07 bits per heavy atom. The van der Waals surface area contributed by atoms with Crippen molar-refractivity contribution in [2.75, 3.05) is 0 Å². The fourth-order valence-corrected chi connectivity index (χ4v) is 2.03. The SMILES string of the molecule is Oc1ccc(S)c2c(O)ccc(S)c12. The Balaban J connectivity index is 3.05. The lowest BCUT2D eigenvalue weighted by Gasteiger charge is -2.07. The molecule has 0 aliphatic heterocycles. The topological polar surface area (TPSA) is 40.5 Å². The van der Waals surface area contributed by atoms with Gasteiger partial charge in [-0.3, -0.25) is 0 Å². The summed E-state index contributed by atoms with van der Waals surface area (Å²) >= 11 is 8.42. The summed E-state index contributed by atoms with van der Waals surface area (Å²) in [5.41, 5.74) is 0. The lowest BCUT2D eigenvalue weighted by Crippen LogP contribution is -1.80. The van der Waals surface area contributed by atoms with Gasteiger partial charge in [-0.05, 0) is 24.3 Å². The number of phenols is 2. The van der Waals surface area contributed by atoms with Crippen molar-refractivity contribution in [1.29, 1.82) is 0 Å². The van der Waals surface area contributed by atoms with Crippen LogP contribution in [0.15, 0.2) is 34.1 Å². The van der Waals surface area contributed by atoms with Gasteiger partial charge in [-0.2, -0.15) is 0 Å². The minimum atomic E-state index is 0.0960. The Kier molecular flexibility index (Phi) is 2.25. The number of rotatable bonds is 0. The van der Waals surface area contributed by atoms with Gasteiger partial charge in [0.05, 0.1) is 0 Å². The number of phenolic OH excluding ortho intramolecular Hbond substituents is 2. The summed E-state index contributed by atoms with van der Waals surface area (Å²) in [5.74, 6) is 0.192. The lowest BCUT2D eigenvalue weighted by atomic mass is 10.1. The van der Waals surface area contributed by atoms with E-state index in [0.717, 1.165) is 0 Å². The molecule has 2 rings (SSSR count). The van der Waals surface area contributed by atoms with Crippen LogP contribution in [0.5, 0.6) is 11.5 Å². The Morgan fingerprint density at radius 1 is 0.714 bits per heavy atom. The van der Waals surface area contributed by atoms with Crippen LogP contribution < -0.4 is 0 Å². The number of benzene rings is 2. The summed E-state index contributed by atoms with van der Waals surface area (Å²) in [6.45, 7) is 0. The van der Waals surface area contributed by atoms with E-state index < -0.39 is 0 Å². The monoisotopic (exact) mass is 224 g/mol. The first kappa shape index (κ1) is 9.55. The lowest BCUT2D eigenvalue weighted by molar-refractivity contribution is 0.473. The molecule has 0 aromatic heterocycles. The summed E-state index contributed by atoms with van der Waals surface area (Å²) in [6, 6.07) is 6.33. The zero-order valence-electron chi connectivity index (χ0n) is 7.10. The highest BCUT2D eigenvalue weighted by Crippen LogP contribution is 2.39. The highest BCUT2D eigenvalue weighted by atomic mass is 32.1. The van der Waals surface area contributed by atoms with Gasteiger partial charge in [0.15, 0.2) is 0 Å². The molecular weight excluding hydrogens is 216 g/mol. The van der Waals surface area contributed by atoms with E-state index in [4.69, 9.17) is 0 Å². The average molecular weight is 224 g/mol. The molecule has 0 amide bonds. The van der Waals surface area contributed by atoms with Crippen molar-refractivity contribution in [2.24, 2.45) is 0 Å². The first-order valence-electron chi connectivity index (χ1n) is 3.97. The number of hydrogen-bond acceptors (Lipinski definition) is 4.